The number of ether oxygens (including phenoxy) is 1. The fourth-order valence-electron chi connectivity index (χ4n) is 3.66. The van der Waals surface area contributed by atoms with Gasteiger partial charge >= 0.3 is 5.97 Å². The molecule has 1 saturated carbocycles. The van der Waals surface area contributed by atoms with Crippen LogP contribution in [0.1, 0.15) is 65.7 Å². The molecule has 0 bridgehead atoms. The van der Waals surface area contributed by atoms with Crippen molar-refractivity contribution in [3.8, 4) is 0 Å². The van der Waals surface area contributed by atoms with Gasteiger partial charge in [0.05, 0.1) is 6.10 Å². The summed E-state index contributed by atoms with van der Waals surface area (Å²) in [5.74, 6) is 0.552. The molecular weight excluding hydrogens is 266 g/mol. The Labute approximate surface area is 128 Å². The van der Waals surface area contributed by atoms with Crippen molar-refractivity contribution < 1.29 is 14.6 Å². The summed E-state index contributed by atoms with van der Waals surface area (Å²) in [7, 11) is 0. The Bertz CT molecular complexity index is 344. The number of esters is 1. The van der Waals surface area contributed by atoms with Crippen LogP contribution in [0.25, 0.3) is 0 Å². The Morgan fingerprint density at radius 1 is 1.24 bits per heavy atom. The Kier molecular flexibility index (Phi) is 5.67. The minimum absolute atomic E-state index is 0.131. The molecule has 1 aliphatic heterocycles. The van der Waals surface area contributed by atoms with Crippen LogP contribution < -0.4 is 0 Å². The zero-order valence-corrected chi connectivity index (χ0v) is 13.8. The fourth-order valence-corrected chi connectivity index (χ4v) is 3.66. The van der Waals surface area contributed by atoms with Gasteiger partial charge in [0, 0.05) is 6.54 Å². The van der Waals surface area contributed by atoms with Gasteiger partial charge in [-0.25, -0.2) is 0 Å². The Balaban J connectivity index is 1.82. The molecule has 0 aromatic heterocycles. The normalized spacial score (nSPS) is 26.2. The van der Waals surface area contributed by atoms with Crippen LogP contribution in [0.2, 0.25) is 0 Å². The van der Waals surface area contributed by atoms with E-state index >= 15 is 0 Å². The average molecular weight is 297 g/mol. The van der Waals surface area contributed by atoms with Gasteiger partial charge in [-0.2, -0.15) is 0 Å². The lowest BCUT2D eigenvalue weighted by Gasteiger charge is -2.29. The van der Waals surface area contributed by atoms with Gasteiger partial charge in [-0.3, -0.25) is 9.69 Å². The highest BCUT2D eigenvalue weighted by molar-refractivity contribution is 5.76. The standard InChI is InChI=1S/C17H31NO3/c1-17(2,3)21-16(20)15-9-6-10-18(15)12-14(19)11-13-7-4-5-8-13/h13-15,19H,4-12H2,1-3H3/t14?,15-/m1/s1. The van der Waals surface area contributed by atoms with Crippen LogP contribution in [0.4, 0.5) is 0 Å². The SMILES string of the molecule is CC(C)(C)OC(=O)[C@H]1CCCN1CC(O)CC1CCCC1. The van der Waals surface area contributed by atoms with Crippen LogP contribution in [-0.2, 0) is 9.53 Å². The van der Waals surface area contributed by atoms with E-state index in [1.165, 1.54) is 25.7 Å². The molecule has 122 valence electrons. The molecule has 0 aromatic carbocycles. The predicted octanol–water partition coefficient (Wildman–Crippen LogP) is 2.73. The molecule has 21 heavy (non-hydrogen) atoms. The van der Waals surface area contributed by atoms with Crippen LogP contribution in [-0.4, -0.2) is 46.8 Å². The number of β-amino-alcohol motifs (C(OH)–C–C–N with tert-alkyl or cyclic N) is 1. The minimum Gasteiger partial charge on any atom is -0.459 e. The van der Waals surface area contributed by atoms with Gasteiger partial charge in [0.25, 0.3) is 0 Å². The molecule has 2 rings (SSSR count). The third-order valence-electron chi connectivity index (χ3n) is 4.57. The number of carbonyl (C=O) groups is 1. The van der Waals surface area contributed by atoms with Crippen LogP contribution in [0.3, 0.4) is 0 Å². The van der Waals surface area contributed by atoms with E-state index in [4.69, 9.17) is 4.74 Å². The monoisotopic (exact) mass is 297 g/mol. The van der Waals surface area contributed by atoms with Crippen molar-refractivity contribution >= 4 is 5.97 Å². The van der Waals surface area contributed by atoms with E-state index in [0.717, 1.165) is 25.8 Å². The number of aliphatic hydroxyl groups excluding tert-OH is 1. The van der Waals surface area contributed by atoms with Crippen LogP contribution in [0.15, 0.2) is 0 Å². The number of aliphatic hydroxyl groups is 1. The first kappa shape index (κ1) is 16.8. The minimum atomic E-state index is -0.437. The fraction of sp³-hybridized carbons (Fsp3) is 0.941. The summed E-state index contributed by atoms with van der Waals surface area (Å²) >= 11 is 0. The second-order valence-electron chi connectivity index (χ2n) is 7.73. The molecule has 1 saturated heterocycles. The first-order valence-corrected chi connectivity index (χ1v) is 8.50. The van der Waals surface area contributed by atoms with E-state index in [2.05, 4.69) is 4.90 Å². The van der Waals surface area contributed by atoms with Crippen molar-refractivity contribution in [3.63, 3.8) is 0 Å². The molecule has 0 spiro atoms. The van der Waals surface area contributed by atoms with E-state index in [0.29, 0.717) is 12.5 Å². The quantitative estimate of drug-likeness (QED) is 0.793. The molecule has 1 aliphatic carbocycles. The topological polar surface area (TPSA) is 49.8 Å². The van der Waals surface area contributed by atoms with E-state index in [-0.39, 0.29) is 18.1 Å². The van der Waals surface area contributed by atoms with E-state index < -0.39 is 5.60 Å². The van der Waals surface area contributed by atoms with Crippen molar-refractivity contribution in [1.29, 1.82) is 0 Å². The van der Waals surface area contributed by atoms with E-state index in [9.17, 15) is 9.90 Å². The lowest BCUT2D eigenvalue weighted by atomic mass is 9.99. The molecule has 0 aromatic rings. The van der Waals surface area contributed by atoms with Crippen LogP contribution in [0.5, 0.6) is 0 Å². The molecule has 2 aliphatic rings. The molecule has 1 unspecified atom stereocenters. The Morgan fingerprint density at radius 3 is 2.52 bits per heavy atom. The molecule has 4 heteroatoms. The first-order valence-electron chi connectivity index (χ1n) is 8.50. The van der Waals surface area contributed by atoms with E-state index in [1.54, 1.807) is 0 Å². The van der Waals surface area contributed by atoms with Gasteiger partial charge in [0.2, 0.25) is 0 Å². The third-order valence-corrected chi connectivity index (χ3v) is 4.57. The largest absolute Gasteiger partial charge is 0.459 e. The molecule has 0 amide bonds. The number of rotatable bonds is 5. The third kappa shape index (κ3) is 5.26. The summed E-state index contributed by atoms with van der Waals surface area (Å²) in [4.78, 5) is 14.4. The summed E-state index contributed by atoms with van der Waals surface area (Å²) in [6, 6.07) is -0.164. The number of likely N-dealkylation sites (tertiary alicyclic amines) is 1. The average Bonchev–Trinajstić information content (AvgIpc) is 2.97. The van der Waals surface area contributed by atoms with Gasteiger partial charge in [-0.05, 0) is 52.5 Å². The summed E-state index contributed by atoms with van der Waals surface area (Å²) in [6.45, 7) is 7.21. The van der Waals surface area contributed by atoms with Crippen LogP contribution >= 0.6 is 0 Å². The maximum absolute atomic E-state index is 12.3. The summed E-state index contributed by atoms with van der Waals surface area (Å²) in [5, 5.41) is 10.3. The molecule has 2 fully saturated rings. The van der Waals surface area contributed by atoms with Crippen molar-refractivity contribution in [2.45, 2.75) is 83.5 Å². The van der Waals surface area contributed by atoms with Gasteiger partial charge in [-0.1, -0.05) is 25.7 Å². The zero-order valence-electron chi connectivity index (χ0n) is 13.8. The summed E-state index contributed by atoms with van der Waals surface area (Å²) in [6.07, 6.45) is 7.57. The van der Waals surface area contributed by atoms with Gasteiger partial charge < -0.3 is 9.84 Å². The Hall–Kier alpha value is -0.610. The predicted molar refractivity (Wildman–Crippen MR) is 83.0 cm³/mol. The van der Waals surface area contributed by atoms with Crippen LogP contribution in [0, 0.1) is 5.92 Å². The van der Waals surface area contributed by atoms with Crippen molar-refractivity contribution in [2.75, 3.05) is 13.1 Å². The smallest absolute Gasteiger partial charge is 0.323 e. The maximum atomic E-state index is 12.3. The molecule has 1 heterocycles. The molecule has 2 atom stereocenters. The number of nitrogens with zero attached hydrogens (tertiary/aromatic N) is 1. The molecular formula is C17H31NO3. The summed E-state index contributed by atoms with van der Waals surface area (Å²) in [5.41, 5.74) is -0.437. The lowest BCUT2D eigenvalue weighted by Crippen LogP contribution is -2.43. The van der Waals surface area contributed by atoms with E-state index in [1.807, 2.05) is 20.8 Å². The number of hydrogen-bond donors (Lipinski definition) is 1. The highest BCUT2D eigenvalue weighted by atomic mass is 16.6. The van der Waals surface area contributed by atoms with Crippen molar-refractivity contribution in [3.05, 3.63) is 0 Å². The summed E-state index contributed by atoms with van der Waals surface area (Å²) < 4.78 is 5.50. The van der Waals surface area contributed by atoms with Gasteiger partial charge in [-0.15, -0.1) is 0 Å². The molecule has 1 N–H and O–H groups in total. The maximum Gasteiger partial charge on any atom is 0.323 e. The zero-order chi connectivity index (χ0) is 15.5. The molecule has 0 radical (unpaired) electrons. The van der Waals surface area contributed by atoms with Crippen molar-refractivity contribution in [1.82, 2.24) is 4.90 Å². The number of carbonyl (C=O) groups excluding carboxylic acids is 1. The lowest BCUT2D eigenvalue weighted by molar-refractivity contribution is -0.160. The van der Waals surface area contributed by atoms with Gasteiger partial charge in [0.1, 0.15) is 11.6 Å². The highest BCUT2D eigenvalue weighted by Crippen LogP contribution is 2.29. The second-order valence-corrected chi connectivity index (χ2v) is 7.73. The highest BCUT2D eigenvalue weighted by Gasteiger charge is 2.35. The van der Waals surface area contributed by atoms with Crippen molar-refractivity contribution in [2.24, 2.45) is 5.92 Å². The van der Waals surface area contributed by atoms with Gasteiger partial charge in [0.15, 0.2) is 0 Å². The first-order chi connectivity index (χ1) is 9.85. The Morgan fingerprint density at radius 2 is 1.90 bits per heavy atom. The molecule has 4 nitrogen and oxygen atoms in total. The number of hydrogen-bond acceptors (Lipinski definition) is 4. The second kappa shape index (κ2) is 7.10.